The number of nitrogens with two attached hydrogens (primary N) is 1. The highest BCUT2D eigenvalue weighted by Gasteiger charge is 2.17. The van der Waals surface area contributed by atoms with Crippen LogP contribution in [-0.4, -0.2) is 30.3 Å². The summed E-state index contributed by atoms with van der Waals surface area (Å²) in [6, 6.07) is 5.68. The van der Waals surface area contributed by atoms with Crippen molar-refractivity contribution in [3.8, 4) is 11.5 Å². The predicted molar refractivity (Wildman–Crippen MR) is 84.2 cm³/mol. The van der Waals surface area contributed by atoms with Crippen LogP contribution in [0, 0.1) is 0 Å². The van der Waals surface area contributed by atoms with Crippen molar-refractivity contribution < 1.29 is 22.5 Å². The smallest absolute Gasteiger partial charge is 0.408 e. The minimum Gasteiger partial charge on any atom is -0.444 e. The van der Waals surface area contributed by atoms with Gasteiger partial charge in [0.2, 0.25) is 10.0 Å². The predicted octanol–water partition coefficient (Wildman–Crippen LogP) is 1.41. The van der Waals surface area contributed by atoms with Gasteiger partial charge >= 0.3 is 6.09 Å². The van der Waals surface area contributed by atoms with E-state index in [1.807, 2.05) is 0 Å². The molecule has 24 heavy (non-hydrogen) atoms. The van der Waals surface area contributed by atoms with Crippen molar-refractivity contribution in [1.29, 1.82) is 0 Å². The quantitative estimate of drug-likeness (QED) is 0.846. The summed E-state index contributed by atoms with van der Waals surface area (Å²) < 4.78 is 32.6. The molecule has 0 unspecified atom stereocenters. The van der Waals surface area contributed by atoms with Crippen LogP contribution in [0.1, 0.15) is 26.6 Å². The Labute approximate surface area is 139 Å². The van der Waals surface area contributed by atoms with Crippen LogP contribution < -0.4 is 10.5 Å². The van der Waals surface area contributed by atoms with E-state index < -0.39 is 21.7 Å². The van der Waals surface area contributed by atoms with E-state index in [9.17, 15) is 13.2 Å². The fourth-order valence-corrected chi connectivity index (χ4v) is 2.21. The molecule has 1 amide bonds. The van der Waals surface area contributed by atoms with E-state index in [1.165, 1.54) is 24.3 Å². The molecule has 2 rings (SSSR count). The normalized spacial score (nSPS) is 12.0. The van der Waals surface area contributed by atoms with Gasteiger partial charge in [-0.15, -0.1) is 0 Å². The van der Waals surface area contributed by atoms with Crippen molar-refractivity contribution in [1.82, 2.24) is 15.5 Å². The molecule has 0 radical (unpaired) electrons. The maximum Gasteiger partial charge on any atom is 0.408 e. The number of carbonyl (C=O) groups is 1. The molecular weight excluding hydrogens is 336 g/mol. The highest BCUT2D eigenvalue weighted by atomic mass is 32.2. The molecule has 9 nitrogen and oxygen atoms in total. The van der Waals surface area contributed by atoms with Gasteiger partial charge in [0.1, 0.15) is 5.60 Å². The SMILES string of the molecule is CC(C)(C)OC(=O)NCc1noc(-c2ccc(S(N)(=O)=O)cc2)n1. The standard InChI is InChI=1S/C14H18N4O5S/c1-14(2,3)22-13(19)16-8-11-17-12(23-18-11)9-4-6-10(7-5-9)24(15,20)21/h4-7H,8H2,1-3H3,(H,16,19)(H2,15,20,21). The molecule has 1 aromatic carbocycles. The van der Waals surface area contributed by atoms with Crippen molar-refractivity contribution in [3.05, 3.63) is 30.1 Å². The number of nitrogens with zero attached hydrogens (tertiary/aromatic N) is 2. The van der Waals surface area contributed by atoms with E-state index in [4.69, 9.17) is 14.4 Å². The third kappa shape index (κ3) is 5.03. The zero-order valence-corrected chi connectivity index (χ0v) is 14.3. The van der Waals surface area contributed by atoms with Gasteiger partial charge in [0.15, 0.2) is 5.82 Å². The third-order valence-corrected chi connectivity index (χ3v) is 3.62. The van der Waals surface area contributed by atoms with Crippen molar-refractivity contribution in [2.45, 2.75) is 37.8 Å². The fourth-order valence-electron chi connectivity index (χ4n) is 1.70. The van der Waals surface area contributed by atoms with Crippen molar-refractivity contribution in [2.75, 3.05) is 0 Å². The fraction of sp³-hybridized carbons (Fsp3) is 0.357. The van der Waals surface area contributed by atoms with Gasteiger partial charge in [0.05, 0.1) is 11.4 Å². The molecule has 0 saturated carbocycles. The number of hydrogen-bond donors (Lipinski definition) is 2. The first-order valence-corrected chi connectivity index (χ1v) is 8.52. The minimum absolute atomic E-state index is 0.0161. The van der Waals surface area contributed by atoms with Crippen LogP contribution in [-0.2, 0) is 21.3 Å². The number of alkyl carbamates (subject to hydrolysis) is 1. The molecule has 0 saturated heterocycles. The highest BCUT2D eigenvalue weighted by Crippen LogP contribution is 2.19. The molecule has 3 N–H and O–H groups in total. The summed E-state index contributed by atoms with van der Waals surface area (Å²) in [6.07, 6.45) is -0.591. The van der Waals surface area contributed by atoms with Gasteiger partial charge < -0.3 is 14.6 Å². The maximum atomic E-state index is 11.6. The number of rotatable bonds is 4. The van der Waals surface area contributed by atoms with E-state index in [-0.39, 0.29) is 23.2 Å². The summed E-state index contributed by atoms with van der Waals surface area (Å²) in [5.41, 5.74) is -0.0733. The first-order chi connectivity index (χ1) is 11.0. The Kier molecular flexibility index (Phi) is 4.90. The van der Waals surface area contributed by atoms with E-state index in [1.54, 1.807) is 20.8 Å². The van der Waals surface area contributed by atoms with Gasteiger partial charge in [-0.25, -0.2) is 18.4 Å². The largest absolute Gasteiger partial charge is 0.444 e. The average molecular weight is 354 g/mol. The zero-order chi connectivity index (χ0) is 18.0. The average Bonchev–Trinajstić information content (AvgIpc) is 2.91. The molecule has 10 heteroatoms. The lowest BCUT2D eigenvalue weighted by atomic mass is 10.2. The number of carbonyl (C=O) groups excluding carboxylic acids is 1. The van der Waals surface area contributed by atoms with Gasteiger partial charge in [-0.2, -0.15) is 4.98 Å². The molecule has 0 atom stereocenters. The molecule has 0 aliphatic rings. The number of benzene rings is 1. The first kappa shape index (κ1) is 17.9. The number of primary sulfonamides is 1. The van der Waals surface area contributed by atoms with E-state index in [0.717, 1.165) is 0 Å². The Bertz CT molecular complexity index is 822. The summed E-state index contributed by atoms with van der Waals surface area (Å²) in [5, 5.41) is 11.3. The Hall–Kier alpha value is -2.46. The number of sulfonamides is 1. The van der Waals surface area contributed by atoms with Crippen molar-refractivity contribution >= 4 is 16.1 Å². The van der Waals surface area contributed by atoms with Gasteiger partial charge in [0.25, 0.3) is 5.89 Å². The second-order valence-electron chi connectivity index (χ2n) is 5.94. The van der Waals surface area contributed by atoms with Crippen LogP contribution in [0.15, 0.2) is 33.7 Å². The summed E-state index contributed by atoms with van der Waals surface area (Å²) in [6.45, 7) is 5.30. The van der Waals surface area contributed by atoms with Crippen LogP contribution in [0.25, 0.3) is 11.5 Å². The number of amides is 1. The second-order valence-corrected chi connectivity index (χ2v) is 7.50. The topological polar surface area (TPSA) is 137 Å². The Balaban J connectivity index is 2.02. The van der Waals surface area contributed by atoms with Gasteiger partial charge in [-0.3, -0.25) is 0 Å². The monoisotopic (exact) mass is 354 g/mol. The van der Waals surface area contributed by atoms with Crippen LogP contribution in [0.2, 0.25) is 0 Å². The zero-order valence-electron chi connectivity index (χ0n) is 13.4. The van der Waals surface area contributed by atoms with Gasteiger partial charge in [-0.05, 0) is 45.0 Å². The molecule has 0 fully saturated rings. The number of hydrogen-bond acceptors (Lipinski definition) is 7. The second kappa shape index (κ2) is 6.57. The van der Waals surface area contributed by atoms with E-state index in [2.05, 4.69) is 15.5 Å². The molecule has 1 aromatic heterocycles. The number of aromatic nitrogens is 2. The Morgan fingerprint density at radius 3 is 2.46 bits per heavy atom. The molecule has 2 aromatic rings. The maximum absolute atomic E-state index is 11.6. The summed E-state index contributed by atoms with van der Waals surface area (Å²) >= 11 is 0. The summed E-state index contributed by atoms with van der Waals surface area (Å²) in [4.78, 5) is 15.6. The molecule has 0 aliphatic carbocycles. The van der Waals surface area contributed by atoms with Crippen molar-refractivity contribution in [3.63, 3.8) is 0 Å². The van der Waals surface area contributed by atoms with E-state index in [0.29, 0.717) is 5.56 Å². The van der Waals surface area contributed by atoms with E-state index >= 15 is 0 Å². The Morgan fingerprint density at radius 2 is 1.92 bits per heavy atom. The summed E-state index contributed by atoms with van der Waals surface area (Å²) in [5.74, 6) is 0.448. The highest BCUT2D eigenvalue weighted by molar-refractivity contribution is 7.89. The van der Waals surface area contributed by atoms with Crippen LogP contribution in [0.4, 0.5) is 4.79 Å². The lowest BCUT2D eigenvalue weighted by molar-refractivity contribution is 0.0522. The van der Waals surface area contributed by atoms with Gasteiger partial charge in [0, 0.05) is 5.56 Å². The van der Waals surface area contributed by atoms with Crippen LogP contribution in [0.3, 0.4) is 0 Å². The third-order valence-electron chi connectivity index (χ3n) is 2.69. The molecule has 0 bridgehead atoms. The number of ether oxygens (including phenoxy) is 1. The van der Waals surface area contributed by atoms with Crippen molar-refractivity contribution in [2.24, 2.45) is 5.14 Å². The number of nitrogens with one attached hydrogen (secondary N) is 1. The minimum atomic E-state index is -3.76. The molecule has 130 valence electrons. The molecule has 1 heterocycles. The van der Waals surface area contributed by atoms with Gasteiger partial charge in [-0.1, -0.05) is 5.16 Å². The van der Waals surface area contributed by atoms with Crippen LogP contribution in [0.5, 0.6) is 0 Å². The molecular formula is C14H18N4O5S. The Morgan fingerprint density at radius 1 is 1.29 bits per heavy atom. The van der Waals surface area contributed by atoms with Crippen LogP contribution >= 0.6 is 0 Å². The molecule has 0 aliphatic heterocycles. The first-order valence-electron chi connectivity index (χ1n) is 6.97. The lowest BCUT2D eigenvalue weighted by Gasteiger charge is -2.19. The molecule has 0 spiro atoms. The lowest BCUT2D eigenvalue weighted by Crippen LogP contribution is -2.32. The summed E-state index contributed by atoms with van der Waals surface area (Å²) in [7, 11) is -3.76.